The third kappa shape index (κ3) is 3.62. The van der Waals surface area contributed by atoms with Gasteiger partial charge in [-0.2, -0.15) is 0 Å². The number of nitrogen functional groups attached to an aromatic ring is 1. The van der Waals surface area contributed by atoms with Gasteiger partial charge in [-0.25, -0.2) is 13.1 Å². The van der Waals surface area contributed by atoms with Gasteiger partial charge in [-0.15, -0.1) is 0 Å². The summed E-state index contributed by atoms with van der Waals surface area (Å²) in [6.45, 7) is 1.75. The van der Waals surface area contributed by atoms with E-state index in [4.69, 9.17) is 15.2 Å². The highest BCUT2D eigenvalue weighted by Gasteiger charge is 2.20. The van der Waals surface area contributed by atoms with Crippen LogP contribution in [0.25, 0.3) is 0 Å². The summed E-state index contributed by atoms with van der Waals surface area (Å²) < 4.78 is 37.4. The van der Waals surface area contributed by atoms with Crippen LogP contribution in [0, 0.1) is 5.92 Å². The van der Waals surface area contributed by atoms with Gasteiger partial charge in [-0.1, -0.05) is 0 Å². The summed E-state index contributed by atoms with van der Waals surface area (Å²) in [4.78, 5) is 0.153. The predicted octanol–water partition coefficient (Wildman–Crippen LogP) is 0.982. The molecule has 112 valence electrons. The molecule has 3 N–H and O–H groups in total. The summed E-state index contributed by atoms with van der Waals surface area (Å²) in [7, 11) is -2.10. The van der Waals surface area contributed by atoms with Crippen LogP contribution in [-0.2, 0) is 14.8 Å². The maximum atomic E-state index is 12.2. The fraction of sp³-hybridized carbons (Fsp3) is 0.538. The third-order valence-corrected chi connectivity index (χ3v) is 4.75. The molecule has 0 saturated carbocycles. The minimum Gasteiger partial charge on any atom is -0.495 e. The van der Waals surface area contributed by atoms with Gasteiger partial charge in [0, 0.05) is 19.2 Å². The number of hydrogen-bond donors (Lipinski definition) is 2. The van der Waals surface area contributed by atoms with Crippen LogP contribution in [0.1, 0.15) is 12.8 Å². The van der Waals surface area contributed by atoms with Crippen molar-refractivity contribution in [3.8, 4) is 5.75 Å². The topological polar surface area (TPSA) is 90.7 Å². The number of ether oxygens (including phenoxy) is 2. The van der Waals surface area contributed by atoms with Crippen molar-refractivity contribution in [3.05, 3.63) is 18.2 Å². The molecule has 1 atom stereocenters. The van der Waals surface area contributed by atoms with E-state index in [0.717, 1.165) is 19.4 Å². The van der Waals surface area contributed by atoms with E-state index in [1.807, 2.05) is 0 Å². The zero-order valence-corrected chi connectivity index (χ0v) is 12.3. The zero-order valence-electron chi connectivity index (χ0n) is 11.5. The van der Waals surface area contributed by atoms with E-state index in [0.29, 0.717) is 24.6 Å². The molecule has 0 aliphatic carbocycles. The van der Waals surface area contributed by atoms with Gasteiger partial charge in [0.15, 0.2) is 0 Å². The Morgan fingerprint density at radius 1 is 1.50 bits per heavy atom. The van der Waals surface area contributed by atoms with Crippen molar-refractivity contribution in [2.45, 2.75) is 17.7 Å². The average Bonchev–Trinajstić information content (AvgIpc) is 2.46. The normalized spacial score (nSPS) is 19.8. The molecule has 1 fully saturated rings. The smallest absolute Gasteiger partial charge is 0.240 e. The molecule has 7 heteroatoms. The van der Waals surface area contributed by atoms with Crippen molar-refractivity contribution in [1.29, 1.82) is 0 Å². The number of benzene rings is 1. The fourth-order valence-corrected chi connectivity index (χ4v) is 3.27. The molecular weight excluding hydrogens is 280 g/mol. The Morgan fingerprint density at radius 2 is 2.30 bits per heavy atom. The largest absolute Gasteiger partial charge is 0.495 e. The molecule has 0 aromatic heterocycles. The summed E-state index contributed by atoms with van der Waals surface area (Å²) in [5, 5.41) is 0. The van der Waals surface area contributed by atoms with Gasteiger partial charge >= 0.3 is 0 Å². The third-order valence-electron chi connectivity index (χ3n) is 3.33. The van der Waals surface area contributed by atoms with Crippen LogP contribution in [0.4, 0.5) is 5.69 Å². The number of methoxy groups -OCH3 is 1. The highest BCUT2D eigenvalue weighted by atomic mass is 32.2. The van der Waals surface area contributed by atoms with E-state index in [1.54, 1.807) is 0 Å². The van der Waals surface area contributed by atoms with Crippen molar-refractivity contribution < 1.29 is 17.9 Å². The standard InChI is InChI=1S/C13H20N2O4S/c1-18-13-7-11(4-5-12(13)14)20(16,17)15-8-10-3-2-6-19-9-10/h4-5,7,10,15H,2-3,6,8-9,14H2,1H3. The minimum atomic E-state index is -3.55. The molecule has 0 bridgehead atoms. The summed E-state index contributed by atoms with van der Waals surface area (Å²) >= 11 is 0. The van der Waals surface area contributed by atoms with Gasteiger partial charge in [0.25, 0.3) is 0 Å². The number of nitrogens with one attached hydrogen (secondary N) is 1. The SMILES string of the molecule is COc1cc(S(=O)(=O)NCC2CCCOC2)ccc1N. The van der Waals surface area contributed by atoms with E-state index in [-0.39, 0.29) is 10.8 Å². The monoisotopic (exact) mass is 300 g/mol. The molecule has 0 radical (unpaired) electrons. The zero-order chi connectivity index (χ0) is 14.6. The molecular formula is C13H20N2O4S. The maximum Gasteiger partial charge on any atom is 0.240 e. The molecule has 0 amide bonds. The minimum absolute atomic E-state index is 0.153. The second kappa shape index (κ2) is 6.43. The van der Waals surface area contributed by atoms with Gasteiger partial charge in [0.05, 0.1) is 24.3 Å². The lowest BCUT2D eigenvalue weighted by Crippen LogP contribution is -2.33. The van der Waals surface area contributed by atoms with E-state index >= 15 is 0 Å². The van der Waals surface area contributed by atoms with Crippen LogP contribution in [0.15, 0.2) is 23.1 Å². The molecule has 2 rings (SSSR count). The van der Waals surface area contributed by atoms with Crippen LogP contribution >= 0.6 is 0 Å². The maximum absolute atomic E-state index is 12.2. The Balaban J connectivity index is 2.05. The van der Waals surface area contributed by atoms with E-state index < -0.39 is 10.0 Å². The molecule has 1 aliphatic rings. The van der Waals surface area contributed by atoms with E-state index in [2.05, 4.69) is 4.72 Å². The molecule has 20 heavy (non-hydrogen) atoms. The van der Waals surface area contributed by atoms with Crippen LogP contribution in [0.3, 0.4) is 0 Å². The Morgan fingerprint density at radius 3 is 2.95 bits per heavy atom. The van der Waals surface area contributed by atoms with Gasteiger partial charge in [0.1, 0.15) is 5.75 Å². The number of anilines is 1. The van der Waals surface area contributed by atoms with Crippen LogP contribution < -0.4 is 15.2 Å². The fourth-order valence-electron chi connectivity index (χ4n) is 2.14. The average molecular weight is 300 g/mol. The number of rotatable bonds is 5. The van der Waals surface area contributed by atoms with E-state index in [9.17, 15) is 8.42 Å². The van der Waals surface area contributed by atoms with Crippen molar-refractivity contribution in [1.82, 2.24) is 4.72 Å². The first-order chi connectivity index (χ1) is 9.53. The lowest BCUT2D eigenvalue weighted by atomic mass is 10.0. The van der Waals surface area contributed by atoms with Gasteiger partial charge in [-0.3, -0.25) is 0 Å². The molecule has 1 aliphatic heterocycles. The first-order valence-electron chi connectivity index (χ1n) is 6.54. The molecule has 1 heterocycles. The summed E-state index contributed by atoms with van der Waals surface area (Å²) in [6.07, 6.45) is 1.95. The molecule has 1 aromatic rings. The molecule has 1 aromatic carbocycles. The lowest BCUT2D eigenvalue weighted by Gasteiger charge is -2.22. The first-order valence-corrected chi connectivity index (χ1v) is 8.02. The summed E-state index contributed by atoms with van der Waals surface area (Å²) in [6, 6.07) is 4.42. The van der Waals surface area contributed by atoms with Crippen LogP contribution in [0.2, 0.25) is 0 Å². The second-order valence-corrected chi connectivity index (χ2v) is 6.61. The second-order valence-electron chi connectivity index (χ2n) is 4.84. The van der Waals surface area contributed by atoms with Crippen molar-refractivity contribution >= 4 is 15.7 Å². The van der Waals surface area contributed by atoms with Crippen molar-refractivity contribution in [2.75, 3.05) is 32.6 Å². The quantitative estimate of drug-likeness (QED) is 0.791. The molecule has 6 nitrogen and oxygen atoms in total. The highest BCUT2D eigenvalue weighted by molar-refractivity contribution is 7.89. The van der Waals surface area contributed by atoms with Gasteiger partial charge < -0.3 is 15.2 Å². The Bertz CT molecular complexity index is 553. The number of hydrogen-bond acceptors (Lipinski definition) is 5. The summed E-state index contributed by atoms with van der Waals surface area (Å²) in [5.74, 6) is 0.586. The van der Waals surface area contributed by atoms with Crippen LogP contribution in [-0.4, -0.2) is 35.3 Å². The first kappa shape index (κ1) is 15.1. The highest BCUT2D eigenvalue weighted by Crippen LogP contribution is 2.24. The Labute approximate surface area is 119 Å². The molecule has 0 spiro atoms. The predicted molar refractivity (Wildman–Crippen MR) is 76.1 cm³/mol. The lowest BCUT2D eigenvalue weighted by molar-refractivity contribution is 0.0568. The van der Waals surface area contributed by atoms with Crippen LogP contribution in [0.5, 0.6) is 5.75 Å². The number of sulfonamides is 1. The Kier molecular flexibility index (Phi) is 4.85. The molecule has 1 saturated heterocycles. The Hall–Kier alpha value is -1.31. The molecule has 1 unspecified atom stereocenters. The van der Waals surface area contributed by atoms with Gasteiger partial charge in [-0.05, 0) is 30.9 Å². The number of nitrogens with two attached hydrogens (primary N) is 1. The van der Waals surface area contributed by atoms with E-state index in [1.165, 1.54) is 25.3 Å². The van der Waals surface area contributed by atoms with Crippen molar-refractivity contribution in [3.63, 3.8) is 0 Å². The van der Waals surface area contributed by atoms with Crippen molar-refractivity contribution in [2.24, 2.45) is 5.92 Å². The summed E-state index contributed by atoms with van der Waals surface area (Å²) in [5.41, 5.74) is 6.09. The van der Waals surface area contributed by atoms with Gasteiger partial charge in [0.2, 0.25) is 10.0 Å².